The summed E-state index contributed by atoms with van der Waals surface area (Å²) in [5, 5.41) is 11.0. The maximum Gasteiger partial charge on any atom is 0.312 e. The minimum absolute atomic E-state index is 0.0744. The van der Waals surface area contributed by atoms with E-state index in [9.17, 15) is 23.2 Å². The molecule has 1 aromatic heterocycles. The third kappa shape index (κ3) is 6.16. The molecule has 0 fully saturated rings. The maximum atomic E-state index is 13.5. The van der Waals surface area contributed by atoms with Crippen molar-refractivity contribution in [3.63, 3.8) is 0 Å². The molecule has 0 radical (unpaired) electrons. The summed E-state index contributed by atoms with van der Waals surface area (Å²) in [6.07, 6.45) is 0.812. The van der Waals surface area contributed by atoms with Crippen LogP contribution in [0.2, 0.25) is 0 Å². The third-order valence-corrected chi connectivity index (χ3v) is 4.63. The third-order valence-electron chi connectivity index (χ3n) is 4.63. The van der Waals surface area contributed by atoms with Gasteiger partial charge in [0.15, 0.2) is 0 Å². The Labute approximate surface area is 187 Å². The number of rotatable bonds is 8. The number of amides is 2. The summed E-state index contributed by atoms with van der Waals surface area (Å²) in [4.78, 5) is 45.4. The van der Waals surface area contributed by atoms with Gasteiger partial charge in [0, 0.05) is 11.9 Å². The van der Waals surface area contributed by atoms with E-state index in [1.54, 1.807) is 6.92 Å². The molecule has 3 rings (SSSR count). The van der Waals surface area contributed by atoms with Crippen LogP contribution in [0.1, 0.15) is 35.0 Å². The summed E-state index contributed by atoms with van der Waals surface area (Å²) < 4.78 is 26.8. The molecule has 0 saturated heterocycles. The second kappa shape index (κ2) is 10.4. The first-order chi connectivity index (χ1) is 15.8. The maximum absolute atomic E-state index is 13.5. The van der Waals surface area contributed by atoms with Crippen LogP contribution < -0.4 is 10.2 Å². The van der Waals surface area contributed by atoms with Crippen LogP contribution in [0.4, 0.5) is 20.4 Å². The van der Waals surface area contributed by atoms with Crippen molar-refractivity contribution in [3.05, 3.63) is 83.2 Å². The normalized spacial score (nSPS) is 10.5. The predicted molar refractivity (Wildman–Crippen MR) is 116 cm³/mol. The number of benzene rings is 2. The highest BCUT2D eigenvalue weighted by Crippen LogP contribution is 2.22. The average molecular weight is 454 g/mol. The number of anilines is 2. The van der Waals surface area contributed by atoms with Crippen LogP contribution in [0.3, 0.4) is 0 Å². The van der Waals surface area contributed by atoms with E-state index in [2.05, 4.69) is 15.3 Å². The largest absolute Gasteiger partial charge is 0.481 e. The molecule has 0 atom stereocenters. The van der Waals surface area contributed by atoms with Crippen LogP contribution in [0.5, 0.6) is 0 Å². The van der Waals surface area contributed by atoms with Gasteiger partial charge in [-0.1, -0.05) is 19.1 Å². The Hall–Kier alpha value is -4.21. The zero-order valence-electron chi connectivity index (χ0n) is 17.6. The molecule has 2 N–H and O–H groups in total. The first kappa shape index (κ1) is 23.5. The van der Waals surface area contributed by atoms with Crippen molar-refractivity contribution in [1.82, 2.24) is 9.97 Å². The minimum Gasteiger partial charge on any atom is -0.481 e. The molecule has 10 heteroatoms. The van der Waals surface area contributed by atoms with Gasteiger partial charge >= 0.3 is 5.97 Å². The van der Waals surface area contributed by atoms with E-state index < -0.39 is 35.8 Å². The molecule has 8 nitrogen and oxygen atoms in total. The Morgan fingerprint density at radius 3 is 2.18 bits per heavy atom. The van der Waals surface area contributed by atoms with E-state index in [-0.39, 0.29) is 18.1 Å². The van der Waals surface area contributed by atoms with Gasteiger partial charge < -0.3 is 10.0 Å². The van der Waals surface area contributed by atoms with Crippen molar-refractivity contribution in [2.24, 2.45) is 0 Å². The van der Waals surface area contributed by atoms with Crippen LogP contribution in [0.25, 0.3) is 0 Å². The molecule has 0 spiro atoms. The van der Waals surface area contributed by atoms with E-state index >= 15 is 0 Å². The van der Waals surface area contributed by atoms with E-state index in [0.29, 0.717) is 23.4 Å². The molecular formula is C23H20F2N4O4. The molecular weight excluding hydrogens is 434 g/mol. The number of nitrogens with one attached hydrogen (secondary N) is 1. The van der Waals surface area contributed by atoms with Crippen molar-refractivity contribution < 1.29 is 28.3 Å². The lowest BCUT2D eigenvalue weighted by Crippen LogP contribution is -2.32. The first-order valence-corrected chi connectivity index (χ1v) is 9.96. The van der Waals surface area contributed by atoms with Crippen molar-refractivity contribution in [1.29, 1.82) is 0 Å². The molecule has 1 heterocycles. The smallest absolute Gasteiger partial charge is 0.312 e. The fourth-order valence-corrected chi connectivity index (χ4v) is 3.05. The average Bonchev–Trinajstić information content (AvgIpc) is 2.78. The molecule has 170 valence electrons. The number of nitrogens with zero attached hydrogens (tertiary/aromatic N) is 3. The fourth-order valence-electron chi connectivity index (χ4n) is 3.05. The van der Waals surface area contributed by atoms with Crippen molar-refractivity contribution >= 4 is 29.4 Å². The lowest BCUT2D eigenvalue weighted by Gasteiger charge is -2.24. The van der Waals surface area contributed by atoms with E-state index in [1.165, 1.54) is 59.6 Å². The molecule has 0 unspecified atom stereocenters. The second-order valence-corrected chi connectivity index (χ2v) is 7.02. The van der Waals surface area contributed by atoms with Crippen LogP contribution in [-0.4, -0.2) is 32.9 Å². The Morgan fingerprint density at radius 2 is 1.61 bits per heavy atom. The summed E-state index contributed by atoms with van der Waals surface area (Å²) in [5.41, 5.74) is 1.53. The number of aromatic nitrogens is 2. The molecule has 0 bridgehead atoms. The molecule has 2 amide bonds. The molecule has 0 saturated carbocycles. The number of carboxylic acid groups (broad SMARTS) is 1. The number of carbonyl (C=O) groups excluding carboxylic acids is 2. The van der Waals surface area contributed by atoms with Gasteiger partial charge in [-0.3, -0.25) is 19.7 Å². The van der Waals surface area contributed by atoms with Crippen LogP contribution in [0.15, 0.2) is 54.7 Å². The number of hydrogen-bond acceptors (Lipinski definition) is 5. The first-order valence-electron chi connectivity index (χ1n) is 9.96. The summed E-state index contributed by atoms with van der Waals surface area (Å²) in [6.45, 7) is 1.83. The Bertz CT molecular complexity index is 1170. The standard InChI is InChI=1S/C23H20F2N4O4/c1-2-19-18(12-26-23(27-19)28-20(30)11-21(31)32)22(33)29(17-9-7-16(25)8-10-17)13-14-3-5-15(24)6-4-14/h3-10,12H,2,11,13H2,1H3,(H,31,32)(H,26,27,28,30). The van der Waals surface area contributed by atoms with E-state index in [0.717, 1.165) is 0 Å². The summed E-state index contributed by atoms with van der Waals surface area (Å²) >= 11 is 0. The van der Waals surface area contributed by atoms with Gasteiger partial charge in [-0.25, -0.2) is 18.7 Å². The number of carbonyl (C=O) groups is 3. The molecule has 0 aliphatic carbocycles. The SMILES string of the molecule is CCc1nc(NC(=O)CC(=O)O)ncc1C(=O)N(Cc1ccc(F)cc1)c1ccc(F)cc1. The van der Waals surface area contributed by atoms with E-state index in [4.69, 9.17) is 5.11 Å². The Balaban J connectivity index is 1.94. The van der Waals surface area contributed by atoms with Crippen LogP contribution in [-0.2, 0) is 22.6 Å². The topological polar surface area (TPSA) is 112 Å². The summed E-state index contributed by atoms with van der Waals surface area (Å²) in [5.74, 6) is -3.58. The lowest BCUT2D eigenvalue weighted by molar-refractivity contribution is -0.139. The van der Waals surface area contributed by atoms with E-state index in [1.807, 2.05) is 0 Å². The number of hydrogen-bond donors (Lipinski definition) is 2. The second-order valence-electron chi connectivity index (χ2n) is 7.02. The van der Waals surface area contributed by atoms with Crippen molar-refractivity contribution in [2.45, 2.75) is 26.3 Å². The van der Waals surface area contributed by atoms with Crippen LogP contribution >= 0.6 is 0 Å². The number of halogens is 2. The zero-order valence-corrected chi connectivity index (χ0v) is 17.6. The fraction of sp³-hybridized carbons (Fsp3) is 0.174. The molecule has 33 heavy (non-hydrogen) atoms. The van der Waals surface area contributed by atoms with Gasteiger partial charge in [0.25, 0.3) is 5.91 Å². The highest BCUT2D eigenvalue weighted by molar-refractivity contribution is 6.07. The van der Waals surface area contributed by atoms with Gasteiger partial charge in [-0.05, 0) is 48.4 Å². The molecule has 2 aromatic carbocycles. The van der Waals surface area contributed by atoms with Gasteiger partial charge in [-0.2, -0.15) is 0 Å². The number of aliphatic carboxylic acids is 1. The lowest BCUT2D eigenvalue weighted by atomic mass is 10.1. The van der Waals surface area contributed by atoms with Crippen LogP contribution in [0, 0.1) is 11.6 Å². The minimum atomic E-state index is -1.30. The van der Waals surface area contributed by atoms with Gasteiger partial charge in [0.05, 0.1) is 17.8 Å². The highest BCUT2D eigenvalue weighted by Gasteiger charge is 2.23. The Morgan fingerprint density at radius 1 is 1.00 bits per heavy atom. The molecule has 0 aliphatic heterocycles. The predicted octanol–water partition coefficient (Wildman–Crippen LogP) is 3.58. The zero-order chi connectivity index (χ0) is 24.0. The Kier molecular flexibility index (Phi) is 7.39. The van der Waals surface area contributed by atoms with Gasteiger partial charge in [-0.15, -0.1) is 0 Å². The van der Waals surface area contributed by atoms with Gasteiger partial charge in [0.2, 0.25) is 11.9 Å². The van der Waals surface area contributed by atoms with Gasteiger partial charge in [0.1, 0.15) is 18.1 Å². The summed E-state index contributed by atoms with van der Waals surface area (Å²) in [6, 6.07) is 11.0. The molecule has 0 aliphatic rings. The number of carboxylic acids is 1. The quantitative estimate of drug-likeness (QED) is 0.503. The van der Waals surface area contributed by atoms with Crippen molar-refractivity contribution in [3.8, 4) is 0 Å². The van der Waals surface area contributed by atoms with Crippen molar-refractivity contribution in [2.75, 3.05) is 10.2 Å². The number of aryl methyl sites for hydroxylation is 1. The summed E-state index contributed by atoms with van der Waals surface area (Å²) in [7, 11) is 0. The highest BCUT2D eigenvalue weighted by atomic mass is 19.1. The molecule has 3 aromatic rings. The monoisotopic (exact) mass is 454 g/mol.